The zero-order valence-electron chi connectivity index (χ0n) is 29.4. The summed E-state index contributed by atoms with van der Waals surface area (Å²) in [4.78, 5) is 0. The van der Waals surface area contributed by atoms with E-state index in [9.17, 15) is 0 Å². The van der Waals surface area contributed by atoms with Crippen molar-refractivity contribution in [3.05, 3.63) is 162 Å². The normalized spacial score (nSPS) is 17.1. The van der Waals surface area contributed by atoms with Crippen LogP contribution in [0, 0.1) is 13.8 Å². The summed E-state index contributed by atoms with van der Waals surface area (Å²) in [6.45, 7) is 18.6. The van der Waals surface area contributed by atoms with E-state index in [0.29, 0.717) is 3.63 Å². The summed E-state index contributed by atoms with van der Waals surface area (Å²) in [6.07, 6.45) is 13.3. The molecule has 4 aromatic rings. The van der Waals surface area contributed by atoms with Crippen LogP contribution in [0.2, 0.25) is 0 Å². The minimum absolute atomic E-state index is 0. The van der Waals surface area contributed by atoms with Gasteiger partial charge < -0.3 is 24.8 Å². The Hall–Kier alpha value is -2.83. The van der Waals surface area contributed by atoms with Gasteiger partial charge in [0.15, 0.2) is 0 Å². The van der Waals surface area contributed by atoms with Gasteiger partial charge in [0.1, 0.15) is 0 Å². The Morgan fingerprint density at radius 1 is 0.604 bits per heavy atom. The summed E-state index contributed by atoms with van der Waals surface area (Å²) in [5.41, 5.74) is 20.3. The molecule has 0 fully saturated rings. The molecule has 0 aliphatic heterocycles. The second-order valence-corrected chi connectivity index (χ2v) is 21.6. The largest absolute Gasteiger partial charge is 1.00 e. The van der Waals surface area contributed by atoms with E-state index in [1.54, 1.807) is 17.6 Å². The van der Waals surface area contributed by atoms with Crippen LogP contribution in [-0.4, -0.2) is 3.21 Å². The second-order valence-electron chi connectivity index (χ2n) is 15.3. The Morgan fingerprint density at radius 3 is 1.44 bits per heavy atom. The van der Waals surface area contributed by atoms with Crippen molar-refractivity contribution in [1.82, 2.24) is 0 Å². The summed E-state index contributed by atoms with van der Waals surface area (Å²) < 4.78 is 3.73. The fourth-order valence-electron chi connectivity index (χ4n) is 8.82. The zero-order chi connectivity index (χ0) is 32.1. The van der Waals surface area contributed by atoms with E-state index in [-0.39, 0.29) is 35.6 Å². The molecule has 4 aliphatic carbocycles. The van der Waals surface area contributed by atoms with Crippen molar-refractivity contribution in [2.75, 3.05) is 0 Å². The third-order valence-electron chi connectivity index (χ3n) is 11.0. The van der Waals surface area contributed by atoms with Crippen molar-refractivity contribution in [3.8, 4) is 11.1 Å². The molecule has 0 saturated heterocycles. The number of allylic oxidation sites excluding steroid dienone is 8. The van der Waals surface area contributed by atoms with Crippen molar-refractivity contribution < 1.29 is 46.1 Å². The predicted octanol–water partition coefficient (Wildman–Crippen LogP) is 5.50. The molecule has 242 valence electrons. The number of rotatable bonds is 4. The van der Waals surface area contributed by atoms with E-state index in [2.05, 4.69) is 159 Å². The SMILES string of the molecule is CC1=CC(C)(C)c2cc3c(cc21)-c1cc2c(cc1[CH]3[Zr+2]([C]1=CC=CC1)=[C](c1ccc(C)cc1)c1ccc(C)cc1)C(C)(C)C=C2C.[Cl-].[Cl-]. The Morgan fingerprint density at radius 2 is 1.04 bits per heavy atom. The first-order chi connectivity index (χ1) is 21.9. The van der Waals surface area contributed by atoms with E-state index >= 15 is 0 Å². The maximum Gasteiger partial charge on any atom is -1.00 e. The number of fused-ring (bicyclic) bond motifs is 5. The van der Waals surface area contributed by atoms with Crippen LogP contribution in [0.25, 0.3) is 22.3 Å². The average molecular weight is 747 g/mol. The Bertz CT molecular complexity index is 2000. The van der Waals surface area contributed by atoms with Crippen LogP contribution in [0.15, 0.2) is 106 Å². The van der Waals surface area contributed by atoms with Crippen molar-refractivity contribution >= 4 is 14.4 Å². The van der Waals surface area contributed by atoms with Crippen LogP contribution in [-0.2, 0) is 32.1 Å². The fraction of sp³-hybridized carbons (Fsp3) is 0.267. The molecular weight excluding hydrogens is 703 g/mol. The van der Waals surface area contributed by atoms with Crippen molar-refractivity contribution in [1.29, 1.82) is 0 Å². The molecule has 0 unspecified atom stereocenters. The molecule has 0 heterocycles. The minimum atomic E-state index is -2.77. The van der Waals surface area contributed by atoms with E-state index in [1.165, 1.54) is 66.8 Å². The summed E-state index contributed by atoms with van der Waals surface area (Å²) in [6, 6.07) is 29.4. The first-order valence-corrected chi connectivity index (χ1v) is 20.8. The van der Waals surface area contributed by atoms with Crippen molar-refractivity contribution in [3.63, 3.8) is 0 Å². The Balaban J connectivity index is 0.00000201. The number of aryl methyl sites for hydroxylation is 2. The van der Waals surface area contributed by atoms with Gasteiger partial charge in [-0.25, -0.2) is 0 Å². The van der Waals surface area contributed by atoms with Gasteiger partial charge in [0.05, 0.1) is 0 Å². The van der Waals surface area contributed by atoms with Gasteiger partial charge in [-0.05, 0) is 0 Å². The third-order valence-corrected chi connectivity index (χ3v) is 19.3. The second kappa shape index (κ2) is 12.5. The van der Waals surface area contributed by atoms with E-state index in [4.69, 9.17) is 0 Å². The molecule has 0 radical (unpaired) electrons. The molecular formula is C45H44Cl2Zr. The van der Waals surface area contributed by atoms with Crippen molar-refractivity contribution in [2.45, 2.75) is 76.3 Å². The van der Waals surface area contributed by atoms with Crippen LogP contribution in [0.5, 0.6) is 0 Å². The first-order valence-electron chi connectivity index (χ1n) is 16.9. The summed E-state index contributed by atoms with van der Waals surface area (Å²) in [7, 11) is 0. The molecule has 0 spiro atoms. The summed E-state index contributed by atoms with van der Waals surface area (Å²) in [5.74, 6) is 0. The van der Waals surface area contributed by atoms with E-state index in [1.807, 2.05) is 0 Å². The van der Waals surface area contributed by atoms with Gasteiger partial charge in [-0.1, -0.05) is 0 Å². The molecule has 0 N–H and O–H groups in total. The van der Waals surface area contributed by atoms with E-state index in [0.717, 1.165) is 6.42 Å². The smallest absolute Gasteiger partial charge is 1.00 e. The van der Waals surface area contributed by atoms with Gasteiger partial charge in [-0.3, -0.25) is 0 Å². The van der Waals surface area contributed by atoms with Crippen LogP contribution in [0.4, 0.5) is 0 Å². The molecule has 4 aromatic carbocycles. The Kier molecular flexibility index (Phi) is 9.12. The standard InChI is InChI=1S/C25H25.C15H14.C5H5.2ClH.Zr/c1-14-12-24(3,4)22-8-16-7-17-9-23-19(15(2)13-25(23,5)6)11-21(17)20(16)10-18(14)22;1-12-3-7-14(8-4-12)11-15-9-5-13(2)6-10-15;1-2-4-5-3-1;;;/h7-13H,1-6H3;3-10H,1-2H3;1-3H,4H2;2*1H;/q;;;;;+2/p-2. The quantitative estimate of drug-likeness (QED) is 0.259. The molecule has 0 amide bonds. The summed E-state index contributed by atoms with van der Waals surface area (Å²) >= 11 is -2.77. The molecule has 0 saturated carbocycles. The zero-order valence-corrected chi connectivity index (χ0v) is 33.3. The molecule has 4 aliphatic rings. The van der Waals surface area contributed by atoms with Crippen LogP contribution >= 0.6 is 0 Å². The average Bonchev–Trinajstić information content (AvgIpc) is 3.75. The number of halogens is 2. The fourth-order valence-corrected chi connectivity index (χ4v) is 17.8. The predicted molar refractivity (Wildman–Crippen MR) is 194 cm³/mol. The number of hydrogen-bond acceptors (Lipinski definition) is 0. The maximum atomic E-state index is 2.66. The maximum absolute atomic E-state index is 2.77. The molecule has 0 nitrogen and oxygen atoms in total. The summed E-state index contributed by atoms with van der Waals surface area (Å²) in [5, 5.41) is 0. The van der Waals surface area contributed by atoms with Gasteiger partial charge in [-0.2, -0.15) is 0 Å². The Labute approximate surface area is 307 Å². The van der Waals surface area contributed by atoms with Gasteiger partial charge in [0.2, 0.25) is 0 Å². The molecule has 8 rings (SSSR count). The molecule has 48 heavy (non-hydrogen) atoms. The number of benzene rings is 4. The topological polar surface area (TPSA) is 0 Å². The monoisotopic (exact) mass is 744 g/mol. The molecule has 3 heteroatoms. The van der Waals surface area contributed by atoms with E-state index < -0.39 is 21.3 Å². The molecule has 0 atom stereocenters. The van der Waals surface area contributed by atoms with Crippen molar-refractivity contribution in [2.24, 2.45) is 0 Å². The van der Waals surface area contributed by atoms with Crippen LogP contribution in [0.1, 0.15) is 107 Å². The molecule has 0 bridgehead atoms. The first kappa shape index (κ1) is 35.0. The van der Waals surface area contributed by atoms with Gasteiger partial charge in [0.25, 0.3) is 0 Å². The van der Waals surface area contributed by atoms with Crippen LogP contribution in [0.3, 0.4) is 0 Å². The van der Waals surface area contributed by atoms with Gasteiger partial charge in [0, 0.05) is 0 Å². The number of hydrogen-bond donors (Lipinski definition) is 0. The third kappa shape index (κ3) is 5.50. The van der Waals surface area contributed by atoms with Crippen LogP contribution < -0.4 is 24.8 Å². The van der Waals surface area contributed by atoms with Gasteiger partial charge in [-0.15, -0.1) is 0 Å². The minimum Gasteiger partial charge on any atom is -1.00 e. The molecule has 0 aromatic heterocycles. The van der Waals surface area contributed by atoms with Gasteiger partial charge >= 0.3 is 285 Å².